The zero-order valence-electron chi connectivity index (χ0n) is 10.6. The Morgan fingerprint density at radius 3 is 2.41 bits per heavy atom. The molecule has 0 spiro atoms. The maximum absolute atomic E-state index is 11.8. The van der Waals surface area contributed by atoms with Crippen molar-refractivity contribution in [1.29, 1.82) is 0 Å². The van der Waals surface area contributed by atoms with Crippen molar-refractivity contribution in [2.24, 2.45) is 0 Å². The number of rotatable bonds is 5. The lowest BCUT2D eigenvalue weighted by atomic mass is 9.97. The average molecular weight is 234 g/mol. The summed E-state index contributed by atoms with van der Waals surface area (Å²) in [5.74, 6) is -0.312. The van der Waals surface area contributed by atoms with Gasteiger partial charge in [0.15, 0.2) is 5.78 Å². The van der Waals surface area contributed by atoms with E-state index in [4.69, 9.17) is 4.74 Å². The number of benzene rings is 1. The minimum absolute atomic E-state index is 0.0630. The van der Waals surface area contributed by atoms with E-state index in [0.717, 1.165) is 12.0 Å². The largest absolute Gasteiger partial charge is 0.462 e. The number of Topliss-reactive ketones (excluding diaryl/α,β-unsaturated/α-hetero) is 1. The maximum Gasteiger partial charge on any atom is 0.338 e. The first kappa shape index (κ1) is 13.4. The molecule has 0 aromatic heterocycles. The van der Waals surface area contributed by atoms with Crippen LogP contribution in [0.1, 0.15) is 53.5 Å². The van der Waals surface area contributed by atoms with Crippen molar-refractivity contribution in [1.82, 2.24) is 0 Å². The second-order valence-electron chi connectivity index (χ2n) is 3.72. The van der Waals surface area contributed by atoms with E-state index in [1.54, 1.807) is 19.1 Å². The smallest absolute Gasteiger partial charge is 0.338 e. The van der Waals surface area contributed by atoms with Gasteiger partial charge in [0.1, 0.15) is 0 Å². The summed E-state index contributed by atoms with van der Waals surface area (Å²) < 4.78 is 4.92. The molecule has 0 radical (unpaired) electrons. The van der Waals surface area contributed by atoms with E-state index in [9.17, 15) is 9.59 Å². The zero-order valence-corrected chi connectivity index (χ0v) is 10.6. The van der Waals surface area contributed by atoms with Crippen LogP contribution < -0.4 is 0 Å². The molecule has 0 saturated carbocycles. The fraction of sp³-hybridized carbons (Fsp3) is 0.429. The second-order valence-corrected chi connectivity index (χ2v) is 3.72. The highest BCUT2D eigenvalue weighted by Gasteiger charge is 2.13. The number of hydrogen-bond acceptors (Lipinski definition) is 3. The van der Waals surface area contributed by atoms with Gasteiger partial charge in [-0.25, -0.2) is 4.79 Å². The molecule has 0 aliphatic rings. The zero-order chi connectivity index (χ0) is 12.8. The minimum atomic E-state index is -0.375. The van der Waals surface area contributed by atoms with Crippen molar-refractivity contribution in [3.63, 3.8) is 0 Å². The predicted octanol–water partition coefficient (Wildman–Crippen LogP) is 3.02. The van der Waals surface area contributed by atoms with Gasteiger partial charge in [-0.15, -0.1) is 0 Å². The number of ether oxygens (including phenoxy) is 1. The Bertz CT molecular complexity index is 421. The number of carbonyl (C=O) groups is 2. The van der Waals surface area contributed by atoms with Crippen LogP contribution in [-0.2, 0) is 11.2 Å². The predicted molar refractivity (Wildman–Crippen MR) is 66.4 cm³/mol. The molecule has 1 rings (SSSR count). The normalized spacial score (nSPS) is 10.1. The molecule has 0 aliphatic heterocycles. The number of ketones is 1. The van der Waals surface area contributed by atoms with Crippen molar-refractivity contribution >= 4 is 11.8 Å². The van der Waals surface area contributed by atoms with E-state index < -0.39 is 0 Å². The Morgan fingerprint density at radius 2 is 1.88 bits per heavy atom. The van der Waals surface area contributed by atoms with Gasteiger partial charge in [0, 0.05) is 12.0 Å². The molecular weight excluding hydrogens is 216 g/mol. The monoisotopic (exact) mass is 234 g/mol. The van der Waals surface area contributed by atoms with Crippen LogP contribution in [0.15, 0.2) is 18.2 Å². The third kappa shape index (κ3) is 3.16. The molecule has 0 bridgehead atoms. The Hall–Kier alpha value is -1.64. The van der Waals surface area contributed by atoms with Crippen molar-refractivity contribution in [2.75, 3.05) is 6.61 Å². The first-order valence-corrected chi connectivity index (χ1v) is 5.97. The van der Waals surface area contributed by atoms with Crippen LogP contribution in [0.5, 0.6) is 0 Å². The minimum Gasteiger partial charge on any atom is -0.462 e. The molecule has 0 saturated heterocycles. The fourth-order valence-electron chi connectivity index (χ4n) is 1.68. The van der Waals surface area contributed by atoms with Gasteiger partial charge in [-0.2, -0.15) is 0 Å². The summed E-state index contributed by atoms with van der Waals surface area (Å²) in [5.41, 5.74) is 2.06. The van der Waals surface area contributed by atoms with Crippen LogP contribution in [0, 0.1) is 0 Å². The second kappa shape index (κ2) is 6.18. The van der Waals surface area contributed by atoms with Crippen molar-refractivity contribution in [2.45, 2.75) is 33.6 Å². The molecule has 1 aromatic carbocycles. The van der Waals surface area contributed by atoms with Crippen LogP contribution in [0.2, 0.25) is 0 Å². The Labute approximate surface area is 102 Å². The molecule has 0 fully saturated rings. The molecule has 0 N–H and O–H groups in total. The van der Waals surface area contributed by atoms with Gasteiger partial charge in [0.2, 0.25) is 0 Å². The molecule has 92 valence electrons. The lowest BCUT2D eigenvalue weighted by Gasteiger charge is -2.08. The van der Waals surface area contributed by atoms with Crippen molar-refractivity contribution in [3.05, 3.63) is 34.9 Å². The Balaban J connectivity index is 3.13. The topological polar surface area (TPSA) is 43.4 Å². The van der Waals surface area contributed by atoms with Gasteiger partial charge in [-0.3, -0.25) is 4.79 Å². The van der Waals surface area contributed by atoms with Gasteiger partial charge < -0.3 is 4.74 Å². The van der Waals surface area contributed by atoms with Crippen LogP contribution in [0.4, 0.5) is 0 Å². The highest BCUT2D eigenvalue weighted by Crippen LogP contribution is 2.16. The van der Waals surface area contributed by atoms with E-state index >= 15 is 0 Å². The summed E-state index contributed by atoms with van der Waals surface area (Å²) in [6.45, 7) is 5.91. The lowest BCUT2D eigenvalue weighted by molar-refractivity contribution is 0.0526. The molecular formula is C14H18O3. The standard InChI is InChI=1S/C14H18O3/c1-4-10-7-8-11(14(16)17-6-3)9-12(10)13(15)5-2/h7-9H,4-6H2,1-3H3. The van der Waals surface area contributed by atoms with Crippen LogP contribution in [-0.4, -0.2) is 18.4 Å². The van der Waals surface area contributed by atoms with E-state index in [-0.39, 0.29) is 11.8 Å². The first-order chi connectivity index (χ1) is 8.13. The van der Waals surface area contributed by atoms with Crippen molar-refractivity contribution < 1.29 is 14.3 Å². The van der Waals surface area contributed by atoms with Crippen LogP contribution >= 0.6 is 0 Å². The van der Waals surface area contributed by atoms with Gasteiger partial charge in [0.05, 0.1) is 12.2 Å². The van der Waals surface area contributed by atoms with Crippen LogP contribution in [0.3, 0.4) is 0 Å². The van der Waals surface area contributed by atoms with E-state index in [0.29, 0.717) is 24.2 Å². The molecule has 17 heavy (non-hydrogen) atoms. The Morgan fingerprint density at radius 1 is 1.18 bits per heavy atom. The Kier molecular flexibility index (Phi) is 4.88. The summed E-state index contributed by atoms with van der Waals surface area (Å²) in [4.78, 5) is 23.3. The summed E-state index contributed by atoms with van der Waals surface area (Å²) in [6.07, 6.45) is 1.23. The summed E-state index contributed by atoms with van der Waals surface area (Å²) >= 11 is 0. The molecule has 0 unspecified atom stereocenters. The third-order valence-corrected chi connectivity index (χ3v) is 2.62. The molecule has 0 amide bonds. The molecule has 0 atom stereocenters. The SMILES string of the molecule is CCOC(=O)c1ccc(CC)c(C(=O)CC)c1. The molecule has 1 aromatic rings. The maximum atomic E-state index is 11.8. The number of aryl methyl sites for hydroxylation is 1. The average Bonchev–Trinajstić information content (AvgIpc) is 2.37. The first-order valence-electron chi connectivity index (χ1n) is 5.97. The van der Waals surface area contributed by atoms with E-state index in [2.05, 4.69) is 0 Å². The van der Waals surface area contributed by atoms with E-state index in [1.807, 2.05) is 19.9 Å². The van der Waals surface area contributed by atoms with Gasteiger partial charge in [0.25, 0.3) is 0 Å². The highest BCUT2D eigenvalue weighted by molar-refractivity contribution is 6.00. The number of esters is 1. The third-order valence-electron chi connectivity index (χ3n) is 2.62. The summed E-state index contributed by atoms with van der Waals surface area (Å²) in [6, 6.07) is 5.18. The van der Waals surface area contributed by atoms with Gasteiger partial charge >= 0.3 is 5.97 Å². The molecule has 3 heteroatoms. The number of carbonyl (C=O) groups excluding carboxylic acids is 2. The van der Waals surface area contributed by atoms with E-state index in [1.165, 1.54) is 0 Å². The van der Waals surface area contributed by atoms with Gasteiger partial charge in [-0.05, 0) is 31.0 Å². The summed E-state index contributed by atoms with van der Waals surface area (Å²) in [7, 11) is 0. The van der Waals surface area contributed by atoms with Crippen molar-refractivity contribution in [3.8, 4) is 0 Å². The summed E-state index contributed by atoms with van der Waals surface area (Å²) in [5, 5.41) is 0. The molecule has 0 heterocycles. The quantitative estimate of drug-likeness (QED) is 0.581. The fourth-order valence-corrected chi connectivity index (χ4v) is 1.68. The van der Waals surface area contributed by atoms with Gasteiger partial charge in [-0.1, -0.05) is 19.9 Å². The lowest BCUT2D eigenvalue weighted by Crippen LogP contribution is -2.08. The molecule has 3 nitrogen and oxygen atoms in total. The molecule has 0 aliphatic carbocycles. The van der Waals surface area contributed by atoms with Crippen LogP contribution in [0.25, 0.3) is 0 Å². The number of hydrogen-bond donors (Lipinski definition) is 0. The highest BCUT2D eigenvalue weighted by atomic mass is 16.5.